The number of aromatic nitrogens is 2. The molecule has 1 atom stereocenters. The summed E-state index contributed by atoms with van der Waals surface area (Å²) in [6, 6.07) is 8.22. The molecule has 0 amide bonds. The highest BCUT2D eigenvalue weighted by Crippen LogP contribution is 2.29. The molecule has 1 aromatic carbocycles. The van der Waals surface area contributed by atoms with E-state index >= 15 is 0 Å². The lowest BCUT2D eigenvalue weighted by molar-refractivity contribution is 0.414. The van der Waals surface area contributed by atoms with Gasteiger partial charge in [-0.1, -0.05) is 19.9 Å². The maximum atomic E-state index is 5.98. The molecule has 3 N–H and O–H groups in total. The topological polar surface area (TPSA) is 63.9 Å². The Bertz CT molecular complexity index is 575. The second-order valence-electron chi connectivity index (χ2n) is 5.41. The molecule has 2 rings (SSSR count). The Morgan fingerprint density at radius 3 is 2.55 bits per heavy atom. The highest BCUT2D eigenvalue weighted by molar-refractivity contribution is 5.40. The molecule has 1 heterocycles. The van der Waals surface area contributed by atoms with E-state index in [9.17, 15) is 0 Å². The zero-order valence-electron chi connectivity index (χ0n) is 12.6. The lowest BCUT2D eigenvalue weighted by Crippen LogP contribution is -2.15. The van der Waals surface area contributed by atoms with E-state index in [1.807, 2.05) is 12.1 Å². The number of ether oxygens (including phenoxy) is 1. The van der Waals surface area contributed by atoms with Gasteiger partial charge in [-0.25, -0.2) is 0 Å². The molecule has 0 radical (unpaired) electrons. The number of nitrogens with one attached hydrogen (secondary N) is 1. The molecule has 2 aromatic rings. The Kier molecular flexibility index (Phi) is 4.45. The molecule has 0 saturated carbocycles. The number of benzene rings is 1. The Balaban J connectivity index is 2.36. The minimum atomic E-state index is 0.140. The van der Waals surface area contributed by atoms with E-state index in [1.165, 1.54) is 11.1 Å². The van der Waals surface area contributed by atoms with Crippen LogP contribution in [0.1, 0.15) is 48.2 Å². The van der Waals surface area contributed by atoms with Crippen molar-refractivity contribution in [3.8, 4) is 5.75 Å². The summed E-state index contributed by atoms with van der Waals surface area (Å²) in [7, 11) is 1.68. The Hall–Kier alpha value is -1.81. The van der Waals surface area contributed by atoms with Crippen molar-refractivity contribution >= 4 is 0 Å². The van der Waals surface area contributed by atoms with E-state index in [1.54, 1.807) is 7.11 Å². The van der Waals surface area contributed by atoms with Crippen LogP contribution in [0.4, 0.5) is 0 Å². The lowest BCUT2D eigenvalue weighted by atomic mass is 9.91. The molecule has 4 heteroatoms. The monoisotopic (exact) mass is 273 g/mol. The summed E-state index contributed by atoms with van der Waals surface area (Å²) in [5.74, 6) is 1.42. The van der Waals surface area contributed by atoms with E-state index in [-0.39, 0.29) is 5.92 Å². The summed E-state index contributed by atoms with van der Waals surface area (Å²) in [6.45, 7) is 6.90. The quantitative estimate of drug-likeness (QED) is 0.880. The normalized spacial score (nSPS) is 12.7. The van der Waals surface area contributed by atoms with Gasteiger partial charge in [-0.2, -0.15) is 5.10 Å². The van der Waals surface area contributed by atoms with Gasteiger partial charge in [-0.05, 0) is 42.2 Å². The van der Waals surface area contributed by atoms with Crippen molar-refractivity contribution < 1.29 is 4.74 Å². The molecular weight excluding hydrogens is 250 g/mol. The Morgan fingerprint density at radius 1 is 1.30 bits per heavy atom. The van der Waals surface area contributed by atoms with Gasteiger partial charge < -0.3 is 10.5 Å². The van der Waals surface area contributed by atoms with Crippen LogP contribution in [0, 0.1) is 6.92 Å². The molecule has 0 aliphatic heterocycles. The van der Waals surface area contributed by atoms with Crippen molar-refractivity contribution in [1.29, 1.82) is 0 Å². The molecule has 0 bridgehead atoms. The molecular formula is C16H23N3O. The number of methoxy groups -OCH3 is 1. The van der Waals surface area contributed by atoms with Crippen molar-refractivity contribution in [1.82, 2.24) is 10.2 Å². The van der Waals surface area contributed by atoms with Crippen LogP contribution in [-0.4, -0.2) is 23.9 Å². The van der Waals surface area contributed by atoms with Gasteiger partial charge in [0.15, 0.2) is 0 Å². The zero-order chi connectivity index (χ0) is 14.7. The highest BCUT2D eigenvalue weighted by Gasteiger charge is 2.18. The summed E-state index contributed by atoms with van der Waals surface area (Å²) in [5.41, 5.74) is 10.5. The van der Waals surface area contributed by atoms with Crippen LogP contribution < -0.4 is 10.5 Å². The first-order chi connectivity index (χ1) is 9.56. The molecule has 0 aliphatic rings. The SMILES string of the molecule is COc1ccc(C(CN)c2cc(C(C)C)n[nH]2)c(C)c1. The average molecular weight is 273 g/mol. The minimum Gasteiger partial charge on any atom is -0.497 e. The maximum absolute atomic E-state index is 5.98. The number of hydrogen-bond donors (Lipinski definition) is 2. The molecule has 1 aromatic heterocycles. The van der Waals surface area contributed by atoms with E-state index < -0.39 is 0 Å². The van der Waals surface area contributed by atoms with Crippen molar-refractivity contribution in [3.05, 3.63) is 46.8 Å². The van der Waals surface area contributed by atoms with Gasteiger partial charge in [0.25, 0.3) is 0 Å². The van der Waals surface area contributed by atoms with Gasteiger partial charge in [0.05, 0.1) is 12.8 Å². The Morgan fingerprint density at radius 2 is 2.05 bits per heavy atom. The first-order valence-corrected chi connectivity index (χ1v) is 6.96. The molecule has 20 heavy (non-hydrogen) atoms. The van der Waals surface area contributed by atoms with Crippen LogP contribution in [0.5, 0.6) is 5.75 Å². The van der Waals surface area contributed by atoms with E-state index in [0.29, 0.717) is 12.5 Å². The number of aryl methyl sites for hydroxylation is 1. The van der Waals surface area contributed by atoms with Crippen molar-refractivity contribution in [2.45, 2.75) is 32.6 Å². The predicted molar refractivity (Wildman–Crippen MR) is 81.3 cm³/mol. The van der Waals surface area contributed by atoms with Gasteiger partial charge in [-0.15, -0.1) is 0 Å². The Labute approximate surface area is 120 Å². The smallest absolute Gasteiger partial charge is 0.119 e. The summed E-state index contributed by atoms with van der Waals surface area (Å²) in [5, 5.41) is 7.50. The van der Waals surface area contributed by atoms with E-state index in [4.69, 9.17) is 10.5 Å². The van der Waals surface area contributed by atoms with Crippen molar-refractivity contribution in [2.75, 3.05) is 13.7 Å². The maximum Gasteiger partial charge on any atom is 0.119 e. The average Bonchev–Trinajstić information content (AvgIpc) is 2.91. The van der Waals surface area contributed by atoms with Gasteiger partial charge in [-0.3, -0.25) is 5.10 Å². The fourth-order valence-electron chi connectivity index (χ4n) is 2.41. The number of H-pyrrole nitrogens is 1. The summed E-state index contributed by atoms with van der Waals surface area (Å²) in [6.07, 6.45) is 0. The lowest BCUT2D eigenvalue weighted by Gasteiger charge is -2.16. The van der Waals surface area contributed by atoms with Crippen molar-refractivity contribution in [3.63, 3.8) is 0 Å². The van der Waals surface area contributed by atoms with E-state index in [0.717, 1.165) is 17.1 Å². The fraction of sp³-hybridized carbons (Fsp3) is 0.438. The summed E-state index contributed by atoms with van der Waals surface area (Å²) < 4.78 is 5.25. The van der Waals surface area contributed by atoms with Gasteiger partial charge in [0.1, 0.15) is 5.75 Å². The standard InChI is InChI=1S/C16H23N3O/c1-10(2)15-8-16(19-18-15)14(9-17)13-6-5-12(20-4)7-11(13)3/h5-8,10,14H,9,17H2,1-4H3,(H,18,19). The number of nitrogens with two attached hydrogens (primary N) is 1. The van der Waals surface area contributed by atoms with Crippen LogP contribution in [0.3, 0.4) is 0 Å². The van der Waals surface area contributed by atoms with Crippen LogP contribution in [-0.2, 0) is 0 Å². The third-order valence-electron chi connectivity index (χ3n) is 3.67. The second-order valence-corrected chi connectivity index (χ2v) is 5.41. The van der Waals surface area contributed by atoms with E-state index in [2.05, 4.69) is 43.1 Å². The van der Waals surface area contributed by atoms with Gasteiger partial charge >= 0.3 is 0 Å². The van der Waals surface area contributed by atoms with Crippen molar-refractivity contribution in [2.24, 2.45) is 5.73 Å². The molecule has 0 aliphatic carbocycles. The number of hydrogen-bond acceptors (Lipinski definition) is 3. The summed E-state index contributed by atoms with van der Waals surface area (Å²) in [4.78, 5) is 0. The van der Waals surface area contributed by atoms with Gasteiger partial charge in [0, 0.05) is 18.2 Å². The summed E-state index contributed by atoms with van der Waals surface area (Å²) >= 11 is 0. The first kappa shape index (κ1) is 14.6. The number of aromatic amines is 1. The third-order valence-corrected chi connectivity index (χ3v) is 3.67. The van der Waals surface area contributed by atoms with Crippen LogP contribution in [0.25, 0.3) is 0 Å². The fourth-order valence-corrected chi connectivity index (χ4v) is 2.41. The van der Waals surface area contributed by atoms with Crippen LogP contribution in [0.15, 0.2) is 24.3 Å². The second kappa shape index (κ2) is 6.09. The first-order valence-electron chi connectivity index (χ1n) is 6.96. The third kappa shape index (κ3) is 2.85. The van der Waals surface area contributed by atoms with Crippen LogP contribution in [0.2, 0.25) is 0 Å². The van der Waals surface area contributed by atoms with Gasteiger partial charge in [0.2, 0.25) is 0 Å². The number of rotatable bonds is 5. The minimum absolute atomic E-state index is 0.140. The van der Waals surface area contributed by atoms with Crippen LogP contribution >= 0.6 is 0 Å². The number of nitrogens with zero attached hydrogens (tertiary/aromatic N) is 1. The highest BCUT2D eigenvalue weighted by atomic mass is 16.5. The molecule has 4 nitrogen and oxygen atoms in total. The molecule has 1 unspecified atom stereocenters. The largest absolute Gasteiger partial charge is 0.497 e. The molecule has 0 spiro atoms. The zero-order valence-corrected chi connectivity index (χ0v) is 12.6. The molecule has 0 saturated heterocycles. The predicted octanol–water partition coefficient (Wildman–Crippen LogP) is 2.94. The molecule has 0 fully saturated rings. The molecule has 108 valence electrons.